The van der Waals surface area contributed by atoms with Crippen LogP contribution in [0.2, 0.25) is 0 Å². The van der Waals surface area contributed by atoms with E-state index in [-0.39, 0.29) is 17.8 Å². The molecule has 114 valence electrons. The van der Waals surface area contributed by atoms with Crippen LogP contribution in [0.5, 0.6) is 0 Å². The molecule has 1 aliphatic heterocycles. The molecule has 4 heteroatoms. The van der Waals surface area contributed by atoms with Crippen LogP contribution in [-0.2, 0) is 11.2 Å². The highest BCUT2D eigenvalue weighted by Gasteiger charge is 2.37. The van der Waals surface area contributed by atoms with Crippen LogP contribution in [0.4, 0.5) is 4.39 Å². The summed E-state index contributed by atoms with van der Waals surface area (Å²) in [6.45, 7) is 0.493. The molecular weight excluding hydrogens is 267 g/mol. The van der Waals surface area contributed by atoms with E-state index in [1.165, 1.54) is 31.7 Å². The van der Waals surface area contributed by atoms with Gasteiger partial charge in [-0.25, -0.2) is 4.39 Å². The SMILES string of the molecule is O=C(NCCc1ccccc1F)C1CC2CCCCC2N1. The van der Waals surface area contributed by atoms with Crippen molar-refractivity contribution in [2.45, 2.75) is 50.6 Å². The van der Waals surface area contributed by atoms with Crippen LogP contribution < -0.4 is 10.6 Å². The van der Waals surface area contributed by atoms with Gasteiger partial charge in [-0.05, 0) is 43.2 Å². The lowest BCUT2D eigenvalue weighted by molar-refractivity contribution is -0.122. The molecule has 1 aromatic rings. The van der Waals surface area contributed by atoms with E-state index in [1.807, 2.05) is 6.07 Å². The molecule has 3 nitrogen and oxygen atoms in total. The van der Waals surface area contributed by atoms with Crippen molar-refractivity contribution in [1.82, 2.24) is 10.6 Å². The molecule has 1 amide bonds. The molecule has 1 aromatic carbocycles. The number of fused-ring (bicyclic) bond motifs is 1. The molecule has 0 radical (unpaired) electrons. The van der Waals surface area contributed by atoms with Crippen LogP contribution in [0, 0.1) is 11.7 Å². The fraction of sp³-hybridized carbons (Fsp3) is 0.588. The van der Waals surface area contributed by atoms with E-state index in [0.717, 1.165) is 6.42 Å². The summed E-state index contributed by atoms with van der Waals surface area (Å²) in [5.74, 6) is 0.540. The molecule has 3 rings (SSSR count). The molecule has 3 unspecified atom stereocenters. The molecule has 1 aliphatic carbocycles. The highest BCUT2D eigenvalue weighted by atomic mass is 19.1. The highest BCUT2D eigenvalue weighted by Crippen LogP contribution is 2.33. The van der Waals surface area contributed by atoms with Crippen molar-refractivity contribution in [3.8, 4) is 0 Å². The van der Waals surface area contributed by atoms with Crippen molar-refractivity contribution in [3.05, 3.63) is 35.6 Å². The number of hydrogen-bond donors (Lipinski definition) is 2. The van der Waals surface area contributed by atoms with Gasteiger partial charge in [0, 0.05) is 12.6 Å². The van der Waals surface area contributed by atoms with Gasteiger partial charge in [0.2, 0.25) is 5.91 Å². The zero-order valence-corrected chi connectivity index (χ0v) is 12.3. The Hall–Kier alpha value is -1.42. The van der Waals surface area contributed by atoms with Gasteiger partial charge in [0.25, 0.3) is 0 Å². The van der Waals surface area contributed by atoms with E-state index >= 15 is 0 Å². The number of carbonyl (C=O) groups excluding carboxylic acids is 1. The van der Waals surface area contributed by atoms with Crippen molar-refractivity contribution in [1.29, 1.82) is 0 Å². The molecule has 0 aromatic heterocycles. The minimum atomic E-state index is -0.197. The first-order valence-corrected chi connectivity index (χ1v) is 8.01. The standard InChI is InChI=1S/C17H23FN2O/c18-14-7-3-1-5-12(14)9-10-19-17(21)16-11-13-6-2-4-8-15(13)20-16/h1,3,5,7,13,15-16,20H,2,4,6,8-11H2,(H,19,21). The van der Waals surface area contributed by atoms with Crippen LogP contribution in [0.25, 0.3) is 0 Å². The Morgan fingerprint density at radius 2 is 2.10 bits per heavy atom. The fourth-order valence-electron chi connectivity index (χ4n) is 3.67. The van der Waals surface area contributed by atoms with Gasteiger partial charge in [0.1, 0.15) is 5.82 Å². The molecule has 21 heavy (non-hydrogen) atoms. The second-order valence-electron chi connectivity index (χ2n) is 6.24. The van der Waals surface area contributed by atoms with Crippen LogP contribution >= 0.6 is 0 Å². The lowest BCUT2D eigenvalue weighted by Gasteiger charge is -2.24. The van der Waals surface area contributed by atoms with Crippen LogP contribution in [0.3, 0.4) is 0 Å². The largest absolute Gasteiger partial charge is 0.354 e. The van der Waals surface area contributed by atoms with E-state index in [1.54, 1.807) is 12.1 Å². The first kappa shape index (κ1) is 14.5. The van der Waals surface area contributed by atoms with Crippen LogP contribution in [-0.4, -0.2) is 24.5 Å². The molecular formula is C17H23FN2O. The van der Waals surface area contributed by atoms with Crippen molar-refractivity contribution in [2.24, 2.45) is 5.92 Å². The summed E-state index contributed by atoms with van der Waals surface area (Å²) in [6.07, 6.45) is 6.51. The van der Waals surface area contributed by atoms with Crippen molar-refractivity contribution in [3.63, 3.8) is 0 Å². The van der Waals surface area contributed by atoms with Gasteiger partial charge in [-0.3, -0.25) is 4.79 Å². The maximum Gasteiger partial charge on any atom is 0.237 e. The molecule has 0 bridgehead atoms. The summed E-state index contributed by atoms with van der Waals surface area (Å²) in [4.78, 5) is 12.2. The number of benzene rings is 1. The maximum absolute atomic E-state index is 13.5. The average Bonchev–Trinajstić information content (AvgIpc) is 2.93. The molecule has 2 fully saturated rings. The number of rotatable bonds is 4. The Morgan fingerprint density at radius 1 is 1.29 bits per heavy atom. The monoisotopic (exact) mass is 290 g/mol. The Labute approximate surface area is 125 Å². The highest BCUT2D eigenvalue weighted by molar-refractivity contribution is 5.82. The third kappa shape index (κ3) is 3.43. The van der Waals surface area contributed by atoms with Crippen molar-refractivity contribution < 1.29 is 9.18 Å². The second-order valence-corrected chi connectivity index (χ2v) is 6.24. The third-order valence-electron chi connectivity index (χ3n) is 4.83. The topological polar surface area (TPSA) is 41.1 Å². The number of amides is 1. The molecule has 1 saturated heterocycles. The Morgan fingerprint density at radius 3 is 2.90 bits per heavy atom. The Bertz CT molecular complexity index is 491. The molecule has 2 aliphatic rings. The van der Waals surface area contributed by atoms with Crippen LogP contribution in [0.1, 0.15) is 37.7 Å². The van der Waals surface area contributed by atoms with Gasteiger partial charge in [-0.1, -0.05) is 31.0 Å². The first-order valence-electron chi connectivity index (χ1n) is 8.01. The maximum atomic E-state index is 13.5. The van der Waals surface area contributed by atoms with Gasteiger partial charge in [0.15, 0.2) is 0 Å². The zero-order valence-electron chi connectivity index (χ0n) is 12.3. The van der Waals surface area contributed by atoms with Gasteiger partial charge >= 0.3 is 0 Å². The Kier molecular flexibility index (Phi) is 4.54. The van der Waals surface area contributed by atoms with E-state index in [9.17, 15) is 9.18 Å². The van der Waals surface area contributed by atoms with E-state index in [4.69, 9.17) is 0 Å². The smallest absolute Gasteiger partial charge is 0.237 e. The zero-order chi connectivity index (χ0) is 14.7. The van der Waals surface area contributed by atoms with Crippen LogP contribution in [0.15, 0.2) is 24.3 Å². The predicted molar refractivity (Wildman–Crippen MR) is 80.4 cm³/mol. The van der Waals surface area contributed by atoms with E-state index in [0.29, 0.717) is 30.5 Å². The fourth-order valence-corrected chi connectivity index (χ4v) is 3.67. The summed E-state index contributed by atoms with van der Waals surface area (Å²) in [6, 6.07) is 7.20. The lowest BCUT2D eigenvalue weighted by Crippen LogP contribution is -2.43. The molecule has 2 N–H and O–H groups in total. The normalized spacial score (nSPS) is 28.1. The molecule has 1 heterocycles. The van der Waals surface area contributed by atoms with E-state index < -0.39 is 0 Å². The second kappa shape index (κ2) is 6.56. The van der Waals surface area contributed by atoms with Gasteiger partial charge in [0.05, 0.1) is 6.04 Å². The minimum absolute atomic E-state index is 0.0567. The number of hydrogen-bond acceptors (Lipinski definition) is 2. The van der Waals surface area contributed by atoms with Gasteiger partial charge in [-0.2, -0.15) is 0 Å². The van der Waals surface area contributed by atoms with Crippen molar-refractivity contribution >= 4 is 5.91 Å². The first-order chi connectivity index (χ1) is 10.2. The predicted octanol–water partition coefficient (Wildman–Crippen LogP) is 2.41. The van der Waals surface area contributed by atoms with E-state index in [2.05, 4.69) is 10.6 Å². The Balaban J connectivity index is 1.46. The van der Waals surface area contributed by atoms with Crippen molar-refractivity contribution in [2.75, 3.05) is 6.54 Å². The lowest BCUT2D eigenvalue weighted by atomic mass is 9.85. The summed E-state index contributed by atoms with van der Waals surface area (Å²) in [5, 5.41) is 6.41. The van der Waals surface area contributed by atoms with Gasteiger partial charge < -0.3 is 10.6 Å². The summed E-state index contributed by atoms with van der Waals surface area (Å²) < 4.78 is 13.5. The molecule has 1 saturated carbocycles. The summed E-state index contributed by atoms with van der Waals surface area (Å²) >= 11 is 0. The van der Waals surface area contributed by atoms with Gasteiger partial charge in [-0.15, -0.1) is 0 Å². The summed E-state index contributed by atoms with van der Waals surface area (Å²) in [5.41, 5.74) is 0.658. The molecule has 3 atom stereocenters. The number of halogens is 1. The third-order valence-corrected chi connectivity index (χ3v) is 4.83. The number of nitrogens with one attached hydrogen (secondary N) is 2. The minimum Gasteiger partial charge on any atom is -0.354 e. The average molecular weight is 290 g/mol. The molecule has 0 spiro atoms. The quantitative estimate of drug-likeness (QED) is 0.894. The number of carbonyl (C=O) groups is 1. The summed E-state index contributed by atoms with van der Waals surface area (Å²) in [7, 11) is 0.